The molecule has 0 radical (unpaired) electrons. The third kappa shape index (κ3) is 24.8. The zero-order chi connectivity index (χ0) is 21.5. The van der Waals surface area contributed by atoms with Crippen molar-refractivity contribution in [2.45, 2.75) is 103 Å². The first-order valence-corrected chi connectivity index (χ1v) is 10.9. The van der Waals surface area contributed by atoms with Crippen molar-refractivity contribution < 1.29 is 24.5 Å². The fourth-order valence-corrected chi connectivity index (χ4v) is 2.65. The van der Waals surface area contributed by atoms with Crippen molar-refractivity contribution in [3.05, 3.63) is 0 Å². The molecule has 0 rings (SSSR count). The highest BCUT2D eigenvalue weighted by molar-refractivity contribution is 5.75. The van der Waals surface area contributed by atoms with Crippen molar-refractivity contribution in [1.29, 1.82) is 0 Å². The maximum Gasteiger partial charge on any atom is 0.325 e. The van der Waals surface area contributed by atoms with Gasteiger partial charge in [-0.05, 0) is 6.42 Å². The number of carboxylic acid groups (broad SMARTS) is 1. The lowest BCUT2D eigenvalue weighted by Crippen LogP contribution is -2.35. The van der Waals surface area contributed by atoms with E-state index in [9.17, 15) is 9.59 Å². The van der Waals surface area contributed by atoms with Crippen LogP contribution in [0.5, 0.6) is 0 Å². The Kier molecular flexibility index (Phi) is 24.7. The molecule has 0 heterocycles. The smallest absolute Gasteiger partial charge is 0.325 e. The molecule has 0 unspecified atom stereocenters. The van der Waals surface area contributed by atoms with E-state index in [4.69, 9.17) is 20.7 Å². The van der Waals surface area contributed by atoms with Gasteiger partial charge in [0.05, 0.1) is 19.8 Å². The number of aliphatic hydroxyl groups excluding tert-OH is 1. The molecule has 0 saturated heterocycles. The molecule has 0 aliphatic heterocycles. The summed E-state index contributed by atoms with van der Waals surface area (Å²) in [6, 6.07) is -0.887. The topological polar surface area (TPSA) is 136 Å². The molecule has 0 aromatic heterocycles. The number of hydrogen-bond acceptors (Lipinski definition) is 6. The van der Waals surface area contributed by atoms with Gasteiger partial charge in [-0.1, -0.05) is 90.4 Å². The lowest BCUT2D eigenvalue weighted by molar-refractivity contribution is -0.146. The van der Waals surface area contributed by atoms with Gasteiger partial charge in [-0.3, -0.25) is 9.59 Å². The van der Waals surface area contributed by atoms with Gasteiger partial charge in [0, 0.05) is 0 Å². The maximum absolute atomic E-state index is 11.2. The van der Waals surface area contributed by atoms with Gasteiger partial charge >= 0.3 is 11.9 Å². The maximum atomic E-state index is 11.2. The van der Waals surface area contributed by atoms with Crippen LogP contribution in [0, 0.1) is 0 Å². The van der Waals surface area contributed by atoms with Crippen molar-refractivity contribution in [2.24, 2.45) is 11.5 Å². The Morgan fingerprint density at radius 2 is 1.18 bits per heavy atom. The number of hydrogen-bond donors (Lipinski definition) is 4. The van der Waals surface area contributed by atoms with Crippen molar-refractivity contribution in [3.8, 4) is 0 Å². The average Bonchev–Trinajstić information content (AvgIpc) is 2.70. The molecule has 7 heteroatoms. The number of aliphatic hydroxyl groups is 1. The number of rotatable bonds is 18. The zero-order valence-electron chi connectivity index (χ0n) is 17.9. The minimum absolute atomic E-state index is 0.278. The van der Waals surface area contributed by atoms with Crippen LogP contribution in [0.25, 0.3) is 0 Å². The van der Waals surface area contributed by atoms with Crippen molar-refractivity contribution in [1.82, 2.24) is 0 Å². The Morgan fingerprint density at radius 3 is 1.50 bits per heavy atom. The Hall–Kier alpha value is -1.18. The molecule has 0 aromatic rings. The molecule has 0 amide bonds. The third-order valence-corrected chi connectivity index (χ3v) is 4.42. The van der Waals surface area contributed by atoms with Gasteiger partial charge in [0.15, 0.2) is 0 Å². The molecule has 0 saturated carbocycles. The molecule has 0 aliphatic carbocycles. The van der Waals surface area contributed by atoms with Crippen LogP contribution in [-0.2, 0) is 14.3 Å². The molecule has 6 N–H and O–H groups in total. The third-order valence-electron chi connectivity index (χ3n) is 4.42. The molecule has 28 heavy (non-hydrogen) atoms. The monoisotopic (exact) mass is 404 g/mol. The number of aliphatic carboxylic acids is 1. The quantitative estimate of drug-likeness (QED) is 0.203. The number of carbonyl (C=O) groups is 2. The predicted molar refractivity (Wildman–Crippen MR) is 113 cm³/mol. The lowest BCUT2D eigenvalue weighted by atomic mass is 10.0. The van der Waals surface area contributed by atoms with E-state index < -0.39 is 18.0 Å². The molecule has 168 valence electrons. The highest BCUT2D eigenvalue weighted by Crippen LogP contribution is 2.12. The van der Waals surface area contributed by atoms with Crippen LogP contribution in [0.15, 0.2) is 0 Å². The van der Waals surface area contributed by atoms with E-state index in [1.807, 2.05) is 0 Å². The van der Waals surface area contributed by atoms with Crippen molar-refractivity contribution in [2.75, 3.05) is 19.8 Å². The number of carbonyl (C=O) groups excluding carboxylic acids is 1. The Morgan fingerprint density at radius 1 is 0.821 bits per heavy atom. The molecule has 0 aromatic carbocycles. The second kappa shape index (κ2) is 23.9. The lowest BCUT2D eigenvalue weighted by Gasteiger charge is -2.08. The van der Waals surface area contributed by atoms with Crippen LogP contribution >= 0.6 is 0 Å². The number of nitrogens with two attached hydrogens (primary N) is 2. The van der Waals surface area contributed by atoms with E-state index in [1.165, 1.54) is 77.0 Å². The summed E-state index contributed by atoms with van der Waals surface area (Å²) < 4.78 is 4.98. The van der Waals surface area contributed by atoms with Crippen LogP contribution in [-0.4, -0.2) is 48.0 Å². The van der Waals surface area contributed by atoms with Gasteiger partial charge in [0.25, 0.3) is 0 Å². The summed E-state index contributed by atoms with van der Waals surface area (Å²) in [6.45, 7) is 2.06. The number of unbranched alkanes of at least 4 members (excludes halogenated alkanes) is 13. The molecule has 0 aliphatic rings. The SMILES string of the molecule is CCCCCCCCCCCCCCCCOC(=O)[C@@H](N)CO.NCC(=O)O. The first kappa shape index (κ1) is 29.0. The molecule has 0 bridgehead atoms. The Bertz CT molecular complexity index is 354. The van der Waals surface area contributed by atoms with E-state index in [2.05, 4.69) is 12.7 Å². The van der Waals surface area contributed by atoms with Gasteiger partial charge in [-0.2, -0.15) is 0 Å². The number of carboxylic acids is 1. The van der Waals surface area contributed by atoms with Crippen LogP contribution < -0.4 is 11.5 Å². The van der Waals surface area contributed by atoms with Crippen LogP contribution in [0.4, 0.5) is 0 Å². The van der Waals surface area contributed by atoms with Gasteiger partial charge in [-0.25, -0.2) is 0 Å². The first-order valence-electron chi connectivity index (χ1n) is 10.9. The molecule has 1 atom stereocenters. The van der Waals surface area contributed by atoms with Crippen molar-refractivity contribution in [3.63, 3.8) is 0 Å². The fourth-order valence-electron chi connectivity index (χ4n) is 2.65. The molecule has 0 spiro atoms. The zero-order valence-corrected chi connectivity index (χ0v) is 17.9. The number of ether oxygens (including phenoxy) is 1. The summed E-state index contributed by atoms with van der Waals surface area (Å²) in [5.74, 6) is -1.47. The minimum atomic E-state index is -0.968. The second-order valence-electron chi connectivity index (χ2n) is 7.15. The molecular formula is C21H44N2O5. The minimum Gasteiger partial charge on any atom is -0.480 e. The van der Waals surface area contributed by atoms with Gasteiger partial charge < -0.3 is 26.4 Å². The summed E-state index contributed by atoms with van der Waals surface area (Å²) in [4.78, 5) is 20.4. The molecular weight excluding hydrogens is 360 g/mol. The summed E-state index contributed by atoms with van der Waals surface area (Å²) in [6.07, 6.45) is 18.3. The first-order chi connectivity index (χ1) is 13.5. The highest BCUT2D eigenvalue weighted by atomic mass is 16.5. The largest absolute Gasteiger partial charge is 0.480 e. The van der Waals surface area contributed by atoms with E-state index in [0.29, 0.717) is 6.61 Å². The van der Waals surface area contributed by atoms with Crippen molar-refractivity contribution >= 4 is 11.9 Å². The summed E-state index contributed by atoms with van der Waals surface area (Å²) in [7, 11) is 0. The van der Waals surface area contributed by atoms with Crippen LogP contribution in [0.3, 0.4) is 0 Å². The Balaban J connectivity index is 0. The molecule has 0 fully saturated rings. The standard InChI is InChI=1S/C19H39NO3.C2H5NO2/c1-2-3-4-5-6-7-8-9-10-11-12-13-14-15-16-23-19(22)18(20)17-21;3-1-2(4)5/h18,21H,2-17,20H2,1H3;1,3H2,(H,4,5)/t18-;/m0./s1. The summed E-state index contributed by atoms with van der Waals surface area (Å²) in [5, 5.41) is 16.3. The summed E-state index contributed by atoms with van der Waals surface area (Å²) in [5.41, 5.74) is 9.92. The van der Waals surface area contributed by atoms with Crippen LogP contribution in [0.1, 0.15) is 96.8 Å². The van der Waals surface area contributed by atoms with Crippen LogP contribution in [0.2, 0.25) is 0 Å². The average molecular weight is 405 g/mol. The van der Waals surface area contributed by atoms with E-state index in [0.717, 1.165) is 12.8 Å². The van der Waals surface area contributed by atoms with E-state index in [-0.39, 0.29) is 13.2 Å². The normalized spacial score (nSPS) is 11.4. The van der Waals surface area contributed by atoms with E-state index in [1.54, 1.807) is 0 Å². The van der Waals surface area contributed by atoms with E-state index >= 15 is 0 Å². The van der Waals surface area contributed by atoms with Gasteiger partial charge in [0.2, 0.25) is 0 Å². The Labute approximate surface area is 171 Å². The fraction of sp³-hybridized carbons (Fsp3) is 0.905. The highest BCUT2D eigenvalue weighted by Gasteiger charge is 2.12. The van der Waals surface area contributed by atoms with Gasteiger partial charge in [-0.15, -0.1) is 0 Å². The predicted octanol–water partition coefficient (Wildman–Crippen LogP) is 3.36. The second-order valence-corrected chi connectivity index (χ2v) is 7.15. The number of esters is 1. The summed E-state index contributed by atoms with van der Waals surface area (Å²) >= 11 is 0. The van der Waals surface area contributed by atoms with Gasteiger partial charge in [0.1, 0.15) is 6.04 Å². The molecule has 7 nitrogen and oxygen atoms in total.